The molecule has 1 aromatic rings. The van der Waals surface area contributed by atoms with E-state index in [1.807, 2.05) is 0 Å². The van der Waals surface area contributed by atoms with E-state index in [0.717, 1.165) is 5.56 Å². The maximum atomic E-state index is 12.3. The molecule has 94 valence electrons. The summed E-state index contributed by atoms with van der Waals surface area (Å²) in [5.74, 6) is -0.152. The fourth-order valence-corrected chi connectivity index (χ4v) is 2.34. The van der Waals surface area contributed by atoms with E-state index >= 15 is 0 Å². The molecule has 6 heteroatoms. The van der Waals surface area contributed by atoms with E-state index < -0.39 is 5.51 Å². The summed E-state index contributed by atoms with van der Waals surface area (Å²) in [5, 5.41) is 0.550. The van der Waals surface area contributed by atoms with Crippen molar-refractivity contribution in [1.82, 2.24) is 0 Å². The Labute approximate surface area is 110 Å². The number of alkyl halides is 4. The van der Waals surface area contributed by atoms with Crippen molar-refractivity contribution in [3.05, 3.63) is 29.3 Å². The Hall–Kier alpha value is -0.490. The SMILES string of the molecule is CC(=O)Cc1cc(CBr)ccc1SC(F)(F)F. The van der Waals surface area contributed by atoms with E-state index in [2.05, 4.69) is 15.9 Å². The predicted octanol–water partition coefficient (Wildman–Crippen LogP) is 4.32. The second kappa shape index (κ2) is 5.91. The summed E-state index contributed by atoms with van der Waals surface area (Å²) in [6, 6.07) is 4.66. The number of Topliss-reactive ketones (excluding diaryl/α,β-unsaturated/α-hetero) is 1. The Morgan fingerprint density at radius 2 is 2.06 bits per heavy atom. The van der Waals surface area contributed by atoms with Crippen LogP contribution in [0.25, 0.3) is 0 Å². The molecule has 0 spiro atoms. The zero-order valence-corrected chi connectivity index (χ0v) is 11.4. The third-order valence-electron chi connectivity index (χ3n) is 1.94. The van der Waals surface area contributed by atoms with Crippen molar-refractivity contribution in [2.24, 2.45) is 0 Å². The molecule has 0 atom stereocenters. The summed E-state index contributed by atoms with van der Waals surface area (Å²) in [5.41, 5.74) is -3.05. The van der Waals surface area contributed by atoms with Crippen molar-refractivity contribution < 1.29 is 18.0 Å². The van der Waals surface area contributed by atoms with E-state index in [0.29, 0.717) is 10.9 Å². The maximum absolute atomic E-state index is 12.3. The van der Waals surface area contributed by atoms with Gasteiger partial charge in [-0.15, -0.1) is 0 Å². The molecule has 1 rings (SSSR count). The second-order valence-electron chi connectivity index (χ2n) is 3.50. The standard InChI is InChI=1S/C11H10BrF3OS/c1-7(16)4-9-5-8(6-12)2-3-10(9)17-11(13,14)15/h2-3,5H,4,6H2,1H3. The lowest BCUT2D eigenvalue weighted by Gasteiger charge is -2.11. The number of carbonyl (C=O) groups is 1. The van der Waals surface area contributed by atoms with Gasteiger partial charge in [-0.2, -0.15) is 13.2 Å². The number of hydrogen-bond donors (Lipinski definition) is 0. The molecule has 0 bridgehead atoms. The Morgan fingerprint density at radius 3 is 2.53 bits per heavy atom. The summed E-state index contributed by atoms with van der Waals surface area (Å²) >= 11 is 3.05. The monoisotopic (exact) mass is 326 g/mol. The summed E-state index contributed by atoms with van der Waals surface area (Å²) in [4.78, 5) is 11.1. The summed E-state index contributed by atoms with van der Waals surface area (Å²) < 4.78 is 36.9. The number of benzene rings is 1. The Balaban J connectivity index is 3.06. The molecule has 0 radical (unpaired) electrons. The highest BCUT2D eigenvalue weighted by molar-refractivity contribution is 9.08. The average molecular weight is 327 g/mol. The number of hydrogen-bond acceptors (Lipinski definition) is 2. The van der Waals surface area contributed by atoms with Crippen molar-refractivity contribution in [2.75, 3.05) is 0 Å². The van der Waals surface area contributed by atoms with Gasteiger partial charge in [0.1, 0.15) is 5.78 Å². The number of carbonyl (C=O) groups excluding carboxylic acids is 1. The van der Waals surface area contributed by atoms with Gasteiger partial charge in [0.2, 0.25) is 0 Å². The minimum Gasteiger partial charge on any atom is -0.300 e. The predicted molar refractivity (Wildman–Crippen MR) is 65.4 cm³/mol. The molecule has 17 heavy (non-hydrogen) atoms. The first-order chi connectivity index (χ1) is 7.81. The summed E-state index contributed by atoms with van der Waals surface area (Å²) in [6.45, 7) is 1.36. The summed E-state index contributed by atoms with van der Waals surface area (Å²) in [6.07, 6.45) is 0.0270. The fourth-order valence-electron chi connectivity index (χ4n) is 1.35. The van der Waals surface area contributed by atoms with Crippen LogP contribution in [0.2, 0.25) is 0 Å². The minimum absolute atomic E-state index is 0.0270. The third kappa shape index (κ3) is 5.12. The van der Waals surface area contributed by atoms with Crippen molar-refractivity contribution in [3.63, 3.8) is 0 Å². The molecule has 0 aliphatic heterocycles. The van der Waals surface area contributed by atoms with Gasteiger partial charge in [0, 0.05) is 16.6 Å². The number of rotatable bonds is 4. The van der Waals surface area contributed by atoms with Crippen LogP contribution in [0.3, 0.4) is 0 Å². The largest absolute Gasteiger partial charge is 0.446 e. The minimum atomic E-state index is -4.33. The molecular formula is C11H10BrF3OS. The van der Waals surface area contributed by atoms with Crippen LogP contribution < -0.4 is 0 Å². The number of ketones is 1. The second-order valence-corrected chi connectivity index (χ2v) is 5.17. The van der Waals surface area contributed by atoms with Crippen molar-refractivity contribution in [1.29, 1.82) is 0 Å². The van der Waals surface area contributed by atoms with Gasteiger partial charge in [-0.1, -0.05) is 28.1 Å². The topological polar surface area (TPSA) is 17.1 Å². The number of thioether (sulfide) groups is 1. The van der Waals surface area contributed by atoms with Crippen molar-refractivity contribution >= 4 is 33.5 Å². The molecule has 0 aliphatic carbocycles. The molecule has 0 fully saturated rings. The molecule has 0 unspecified atom stereocenters. The van der Waals surface area contributed by atoms with Gasteiger partial charge >= 0.3 is 5.51 Å². The molecule has 0 saturated carbocycles. The van der Waals surface area contributed by atoms with Crippen molar-refractivity contribution in [3.8, 4) is 0 Å². The van der Waals surface area contributed by atoms with E-state index in [9.17, 15) is 18.0 Å². The van der Waals surface area contributed by atoms with Crippen LogP contribution in [0.1, 0.15) is 18.1 Å². The van der Waals surface area contributed by atoms with Crippen molar-refractivity contribution in [2.45, 2.75) is 29.1 Å². The molecule has 0 heterocycles. The first kappa shape index (κ1) is 14.6. The molecule has 1 aromatic carbocycles. The van der Waals surface area contributed by atoms with Gasteiger partial charge in [-0.25, -0.2) is 0 Å². The van der Waals surface area contributed by atoms with E-state index in [4.69, 9.17) is 0 Å². The molecule has 0 N–H and O–H groups in total. The number of halogens is 4. The van der Waals surface area contributed by atoms with Crippen LogP contribution in [0.4, 0.5) is 13.2 Å². The Bertz CT molecular complexity index is 418. The van der Waals surface area contributed by atoms with Crippen LogP contribution in [0.5, 0.6) is 0 Å². The van der Waals surface area contributed by atoms with Gasteiger partial charge in [0.25, 0.3) is 0 Å². The van der Waals surface area contributed by atoms with Crippen LogP contribution in [-0.4, -0.2) is 11.3 Å². The zero-order chi connectivity index (χ0) is 13.1. The average Bonchev–Trinajstić information content (AvgIpc) is 2.17. The van der Waals surface area contributed by atoms with Gasteiger partial charge in [-0.05, 0) is 35.9 Å². The maximum Gasteiger partial charge on any atom is 0.446 e. The van der Waals surface area contributed by atoms with Gasteiger partial charge in [0.15, 0.2) is 0 Å². The lowest BCUT2D eigenvalue weighted by Crippen LogP contribution is -2.04. The van der Waals surface area contributed by atoms with Crippen LogP contribution in [0, 0.1) is 0 Å². The smallest absolute Gasteiger partial charge is 0.300 e. The van der Waals surface area contributed by atoms with Gasteiger partial charge in [-0.3, -0.25) is 4.79 Å². The highest BCUT2D eigenvalue weighted by Crippen LogP contribution is 2.39. The fraction of sp³-hybridized carbons (Fsp3) is 0.364. The van der Waals surface area contributed by atoms with E-state index in [1.165, 1.54) is 13.0 Å². The lowest BCUT2D eigenvalue weighted by molar-refractivity contribution is -0.116. The molecule has 0 saturated heterocycles. The lowest BCUT2D eigenvalue weighted by atomic mass is 10.1. The first-order valence-electron chi connectivity index (χ1n) is 4.75. The van der Waals surface area contributed by atoms with Gasteiger partial charge in [0.05, 0.1) is 0 Å². The van der Waals surface area contributed by atoms with Crippen LogP contribution in [0.15, 0.2) is 23.1 Å². The zero-order valence-electron chi connectivity index (χ0n) is 8.97. The van der Waals surface area contributed by atoms with Crippen LogP contribution in [-0.2, 0) is 16.5 Å². The van der Waals surface area contributed by atoms with E-state index in [1.54, 1.807) is 12.1 Å². The van der Waals surface area contributed by atoms with Crippen LogP contribution >= 0.6 is 27.7 Å². The highest BCUT2D eigenvalue weighted by atomic mass is 79.9. The normalized spacial score (nSPS) is 11.6. The Morgan fingerprint density at radius 1 is 1.41 bits per heavy atom. The molecular weight excluding hydrogens is 317 g/mol. The van der Waals surface area contributed by atoms with Gasteiger partial charge < -0.3 is 0 Å². The highest BCUT2D eigenvalue weighted by Gasteiger charge is 2.30. The molecule has 0 aliphatic rings. The van der Waals surface area contributed by atoms with E-state index in [-0.39, 0.29) is 28.9 Å². The molecule has 0 aromatic heterocycles. The molecule has 1 nitrogen and oxygen atoms in total. The summed E-state index contributed by atoms with van der Waals surface area (Å²) in [7, 11) is 0. The quantitative estimate of drug-likeness (QED) is 0.605. The first-order valence-corrected chi connectivity index (χ1v) is 6.68. The third-order valence-corrected chi connectivity index (χ3v) is 3.44. The Kier molecular flexibility index (Phi) is 5.06. The molecule has 0 amide bonds.